The molecule has 2 aromatic carbocycles. The molecule has 55 heavy (non-hydrogen) atoms. The Morgan fingerprint density at radius 1 is 1.04 bits per heavy atom. The van der Waals surface area contributed by atoms with E-state index in [9.17, 15) is 49.5 Å². The largest absolute Gasteiger partial charge is 0.504 e. The van der Waals surface area contributed by atoms with Gasteiger partial charge in [-0.3, -0.25) is 34.9 Å². The number of phenols is 4. The van der Waals surface area contributed by atoms with Crippen LogP contribution in [-0.2, 0) is 30.6 Å². The molecule has 1 saturated heterocycles. The van der Waals surface area contributed by atoms with E-state index in [0.717, 1.165) is 40.1 Å². The van der Waals surface area contributed by atoms with Gasteiger partial charge in [0.05, 0.1) is 6.54 Å². The lowest BCUT2D eigenvalue weighted by atomic mass is 10.0. The number of fused-ring (bicyclic) bond motifs is 1. The van der Waals surface area contributed by atoms with Gasteiger partial charge in [0.15, 0.2) is 39.7 Å². The van der Waals surface area contributed by atoms with Crippen LogP contribution in [0.4, 0.5) is 5.13 Å². The number of amides is 4. The molecule has 6 rings (SSSR count). The number of nitrogens with zero attached hydrogens (tertiary/aromatic N) is 7. The zero-order valence-electron chi connectivity index (χ0n) is 28.3. The number of hydrogen-bond acceptors (Lipinski definition) is 18. The summed E-state index contributed by atoms with van der Waals surface area (Å²) in [6.45, 7) is 2.38. The minimum absolute atomic E-state index is 0.0564. The van der Waals surface area contributed by atoms with Gasteiger partial charge in [-0.2, -0.15) is 0 Å². The van der Waals surface area contributed by atoms with Gasteiger partial charge in [-0.15, -0.1) is 28.2 Å². The van der Waals surface area contributed by atoms with Crippen molar-refractivity contribution in [1.82, 2.24) is 46.3 Å². The summed E-state index contributed by atoms with van der Waals surface area (Å²) >= 11 is 2.12. The van der Waals surface area contributed by atoms with Crippen LogP contribution in [0.1, 0.15) is 29.9 Å². The van der Waals surface area contributed by atoms with Crippen LogP contribution < -0.4 is 21.9 Å². The second-order valence-electron chi connectivity index (χ2n) is 12.2. The minimum atomic E-state index is -1.83. The Labute approximate surface area is 316 Å². The average Bonchev–Trinajstić information content (AvgIpc) is 3.80. The number of oxime groups is 1. The van der Waals surface area contributed by atoms with Crippen LogP contribution in [0.15, 0.2) is 58.2 Å². The number of thioether (sulfide) groups is 1. The van der Waals surface area contributed by atoms with E-state index in [-0.39, 0.29) is 51.5 Å². The van der Waals surface area contributed by atoms with Crippen LogP contribution in [0.3, 0.4) is 0 Å². The van der Waals surface area contributed by atoms with Crippen molar-refractivity contribution >= 4 is 63.5 Å². The molecule has 4 amide bonds. The number of rotatable bonds is 11. The van der Waals surface area contributed by atoms with Crippen molar-refractivity contribution in [3.63, 3.8) is 0 Å². The molecule has 1 fully saturated rings. The topological polar surface area (TPSA) is 330 Å². The molecular formula is C31H29N11O11S2. The molecule has 0 saturated carbocycles. The molecule has 286 valence electrons. The first-order chi connectivity index (χ1) is 26.0. The number of carboxylic acid groups (broad SMARTS) is 1. The Balaban J connectivity index is 1.16. The highest BCUT2D eigenvalue weighted by Crippen LogP contribution is 2.41. The van der Waals surface area contributed by atoms with Crippen molar-refractivity contribution in [1.29, 1.82) is 0 Å². The number of benzene rings is 2. The molecule has 10 N–H and O–H groups in total. The van der Waals surface area contributed by atoms with Gasteiger partial charge < -0.3 is 41.4 Å². The van der Waals surface area contributed by atoms with E-state index < -0.39 is 69.6 Å². The van der Waals surface area contributed by atoms with Gasteiger partial charge in [-0.1, -0.05) is 5.16 Å². The number of nitrogens with two attached hydrogens (primary N) is 1. The third-order valence-corrected chi connectivity index (χ3v) is 10.1. The van der Waals surface area contributed by atoms with Crippen LogP contribution in [0.2, 0.25) is 0 Å². The zero-order chi connectivity index (χ0) is 39.8. The summed E-state index contributed by atoms with van der Waals surface area (Å²) < 4.78 is 1.27. The number of hydrazine groups is 1. The molecule has 2 aliphatic rings. The van der Waals surface area contributed by atoms with E-state index >= 15 is 0 Å². The summed E-state index contributed by atoms with van der Waals surface area (Å²) in [5.41, 5.74) is 7.83. The normalized spacial score (nSPS) is 16.9. The molecule has 0 aliphatic carbocycles. The highest BCUT2D eigenvalue weighted by Gasteiger charge is 2.54. The molecule has 4 aromatic rings. The number of thiazole rings is 1. The molecule has 24 heteroatoms. The van der Waals surface area contributed by atoms with E-state index in [1.165, 1.54) is 48.2 Å². The van der Waals surface area contributed by atoms with E-state index in [0.29, 0.717) is 5.56 Å². The average molecular weight is 796 g/mol. The van der Waals surface area contributed by atoms with Crippen molar-refractivity contribution in [3.05, 3.63) is 64.3 Å². The highest BCUT2D eigenvalue weighted by atomic mass is 32.2. The maximum Gasteiger partial charge on any atom is 0.352 e. The smallest absolute Gasteiger partial charge is 0.352 e. The fraction of sp³-hybridized carbons (Fsp3) is 0.226. The summed E-state index contributed by atoms with van der Waals surface area (Å²) in [4.78, 5) is 75.5. The van der Waals surface area contributed by atoms with Crippen LogP contribution in [0.25, 0.3) is 11.4 Å². The number of hydrogen-bond donors (Lipinski definition) is 9. The first-order valence-electron chi connectivity index (χ1n) is 15.7. The van der Waals surface area contributed by atoms with Gasteiger partial charge >= 0.3 is 5.97 Å². The van der Waals surface area contributed by atoms with Gasteiger partial charge in [0.1, 0.15) is 22.8 Å². The molecule has 4 heterocycles. The number of aromatic nitrogens is 5. The van der Waals surface area contributed by atoms with Crippen LogP contribution in [0.5, 0.6) is 23.0 Å². The lowest BCUT2D eigenvalue weighted by Crippen LogP contribution is -2.71. The SMILES string of the molecule is CC(C)(O/N=C(\C(=O)N[C@@H]1C(=O)N2C(C(=O)O)=C(Cn3nnnc3-c3ccc(O)c(O)c3)CS[C@H]12)c1csc(N)n1)C(=O)NNC(=O)c1ccc(O)c(O)c1. The second-order valence-corrected chi connectivity index (χ2v) is 14.2. The van der Waals surface area contributed by atoms with E-state index in [4.69, 9.17) is 10.6 Å². The maximum absolute atomic E-state index is 13.6. The highest BCUT2D eigenvalue weighted by molar-refractivity contribution is 8.00. The van der Waals surface area contributed by atoms with E-state index in [1.807, 2.05) is 0 Å². The first kappa shape index (κ1) is 37.8. The molecule has 2 atom stereocenters. The van der Waals surface area contributed by atoms with E-state index in [2.05, 4.69) is 41.8 Å². The molecule has 2 aliphatic heterocycles. The summed E-state index contributed by atoms with van der Waals surface area (Å²) in [7, 11) is 0. The van der Waals surface area contributed by atoms with Crippen molar-refractivity contribution in [2.24, 2.45) is 5.16 Å². The number of carbonyl (C=O) groups is 5. The van der Waals surface area contributed by atoms with Crippen LogP contribution in [-0.4, -0.2) is 114 Å². The van der Waals surface area contributed by atoms with Crippen LogP contribution >= 0.6 is 23.1 Å². The number of nitrogens with one attached hydrogen (secondary N) is 3. The molecule has 0 radical (unpaired) electrons. The third-order valence-electron chi connectivity index (χ3n) is 8.06. The Bertz CT molecular complexity index is 2310. The quantitative estimate of drug-likeness (QED) is 0.0403. The van der Waals surface area contributed by atoms with Gasteiger partial charge in [0.2, 0.25) is 5.60 Å². The Morgan fingerprint density at radius 3 is 2.40 bits per heavy atom. The van der Waals surface area contributed by atoms with Crippen LogP contribution in [0, 0.1) is 0 Å². The van der Waals surface area contributed by atoms with Gasteiger partial charge in [-0.25, -0.2) is 14.5 Å². The standard InChI is InChI=1S/C31H29N11O11S2/c1-31(2,29(52)37-36-24(47)13-4-6-17(44)19(46)8-13)53-38-20(15-11-55-30(32)33-15)25(48)34-21-26(49)42-22(28(50)51)14(10-54-27(21)42)9-41-23(35-39-40-41)12-3-5-16(43)18(45)7-12/h3-8,11,21,27,43-46H,9-10H2,1-2H3,(H2,32,33)(H,34,48)(H,36,47)(H,37,52)(H,50,51)/b38-20-/t21-,27-/m1/s1. The molecule has 0 spiro atoms. The molecular weight excluding hydrogens is 767 g/mol. The van der Waals surface area contributed by atoms with Crippen molar-refractivity contribution in [2.45, 2.75) is 37.4 Å². The summed E-state index contributed by atoms with van der Waals surface area (Å²) in [5, 5.41) is 67.3. The van der Waals surface area contributed by atoms with Gasteiger partial charge in [0, 0.05) is 22.3 Å². The lowest BCUT2D eigenvalue weighted by molar-refractivity contribution is -0.150. The van der Waals surface area contributed by atoms with E-state index in [1.54, 1.807) is 0 Å². The Morgan fingerprint density at radius 2 is 1.75 bits per heavy atom. The number of nitrogen functional groups attached to an aromatic ring is 1. The monoisotopic (exact) mass is 795 g/mol. The van der Waals surface area contributed by atoms with Crippen molar-refractivity contribution in [3.8, 4) is 34.4 Å². The fourth-order valence-electron chi connectivity index (χ4n) is 5.18. The number of aliphatic carboxylic acids is 1. The Hall–Kier alpha value is -6.95. The second kappa shape index (κ2) is 14.8. The lowest BCUT2D eigenvalue weighted by Gasteiger charge is -2.49. The number of β-lactam (4-membered cyclic amide) rings is 1. The van der Waals surface area contributed by atoms with Crippen molar-refractivity contribution in [2.75, 3.05) is 11.5 Å². The minimum Gasteiger partial charge on any atom is -0.504 e. The number of phenolic OH excluding ortho intramolecular Hbond substituents is 4. The predicted octanol–water partition coefficient (Wildman–Crippen LogP) is -0.399. The Kier molecular flexibility index (Phi) is 10.2. The number of carboxylic acids is 1. The molecule has 22 nitrogen and oxygen atoms in total. The summed E-state index contributed by atoms with van der Waals surface area (Å²) in [6.07, 6.45) is 0. The predicted molar refractivity (Wildman–Crippen MR) is 190 cm³/mol. The van der Waals surface area contributed by atoms with Crippen molar-refractivity contribution < 1.29 is 54.3 Å². The molecule has 0 unspecified atom stereocenters. The first-order valence-corrected chi connectivity index (χ1v) is 17.6. The number of aromatic hydroxyl groups is 4. The number of carbonyl (C=O) groups excluding carboxylic acids is 4. The van der Waals surface area contributed by atoms with Gasteiger partial charge in [-0.05, 0) is 66.2 Å². The summed E-state index contributed by atoms with van der Waals surface area (Å²) in [5.74, 6) is -6.46. The number of anilines is 1. The molecule has 2 aromatic heterocycles. The third kappa shape index (κ3) is 7.61. The summed E-state index contributed by atoms with van der Waals surface area (Å²) in [6, 6.07) is 5.95. The zero-order valence-corrected chi connectivity index (χ0v) is 30.0. The van der Waals surface area contributed by atoms with Gasteiger partial charge in [0.25, 0.3) is 23.6 Å². The number of tetrazole rings is 1. The molecule has 0 bridgehead atoms. The fourth-order valence-corrected chi connectivity index (χ4v) is 7.06. The maximum atomic E-state index is 13.6.